The number of Topliss-reactive ketones (excluding diaryl/α,β-unsaturated/α-hetero) is 1. The number of carbonyl (C=O) groups is 1. The van der Waals surface area contributed by atoms with Crippen molar-refractivity contribution in [1.29, 1.82) is 0 Å². The maximum atomic E-state index is 14.4. The smallest absolute Gasteiger partial charge is 0.185 e. The fourth-order valence-corrected chi connectivity index (χ4v) is 5.38. The number of hydrogen-bond acceptors (Lipinski definition) is 6. The molecule has 174 valence electrons. The fourth-order valence-electron chi connectivity index (χ4n) is 5.38. The van der Waals surface area contributed by atoms with Gasteiger partial charge in [-0.1, -0.05) is 24.3 Å². The average Bonchev–Trinajstić information content (AvgIpc) is 3.22. The molecule has 3 aliphatic rings. The number of halogens is 1. The SMILES string of the molecule is CCn1ncnc1C1C2=NCC(=O)c3cc(F)cc(c32)NCC1c1ccc(CN2CCC2)cc1. The molecule has 3 aliphatic heterocycles. The Bertz CT molecular complexity index is 1280. The van der Waals surface area contributed by atoms with E-state index in [0.717, 1.165) is 23.6 Å². The van der Waals surface area contributed by atoms with Gasteiger partial charge >= 0.3 is 0 Å². The van der Waals surface area contributed by atoms with Gasteiger partial charge in [-0.25, -0.2) is 14.1 Å². The number of aromatic nitrogens is 3. The Morgan fingerprint density at radius 2 is 2.00 bits per heavy atom. The lowest BCUT2D eigenvalue weighted by atomic mass is 9.78. The van der Waals surface area contributed by atoms with Crippen molar-refractivity contribution in [3.63, 3.8) is 0 Å². The van der Waals surface area contributed by atoms with Gasteiger partial charge in [0.2, 0.25) is 0 Å². The van der Waals surface area contributed by atoms with E-state index in [1.165, 1.54) is 37.2 Å². The molecule has 0 radical (unpaired) electrons. The molecule has 8 heteroatoms. The van der Waals surface area contributed by atoms with Gasteiger partial charge in [0, 0.05) is 42.4 Å². The molecule has 6 rings (SSSR count). The minimum Gasteiger partial charge on any atom is -0.384 e. The van der Waals surface area contributed by atoms with Crippen LogP contribution in [0.25, 0.3) is 0 Å². The molecule has 0 saturated carbocycles. The number of nitrogens with zero attached hydrogens (tertiary/aromatic N) is 5. The summed E-state index contributed by atoms with van der Waals surface area (Å²) in [6.07, 6.45) is 2.85. The first kappa shape index (κ1) is 21.2. The van der Waals surface area contributed by atoms with Crippen molar-refractivity contribution in [3.8, 4) is 0 Å². The van der Waals surface area contributed by atoms with Crippen molar-refractivity contribution in [1.82, 2.24) is 19.7 Å². The number of likely N-dealkylation sites (tertiary alicyclic amines) is 1. The summed E-state index contributed by atoms with van der Waals surface area (Å²) in [5.74, 6) is 0.0106. The van der Waals surface area contributed by atoms with Crippen molar-refractivity contribution in [2.45, 2.75) is 38.3 Å². The molecule has 0 aliphatic carbocycles. The summed E-state index contributed by atoms with van der Waals surface area (Å²) >= 11 is 0. The lowest BCUT2D eigenvalue weighted by Crippen LogP contribution is -2.36. The van der Waals surface area contributed by atoms with Crippen LogP contribution in [-0.4, -0.2) is 57.3 Å². The average molecular weight is 459 g/mol. The summed E-state index contributed by atoms with van der Waals surface area (Å²) < 4.78 is 16.3. The Labute approximate surface area is 197 Å². The van der Waals surface area contributed by atoms with Crippen molar-refractivity contribution < 1.29 is 9.18 Å². The van der Waals surface area contributed by atoms with Gasteiger partial charge < -0.3 is 5.32 Å². The Morgan fingerprint density at radius 1 is 1.18 bits per heavy atom. The first-order valence-electron chi connectivity index (χ1n) is 12.0. The number of aliphatic imine (C=N–C) groups is 1. The molecular weight excluding hydrogens is 431 g/mol. The van der Waals surface area contributed by atoms with Crippen LogP contribution in [0.3, 0.4) is 0 Å². The highest BCUT2D eigenvalue weighted by Crippen LogP contribution is 2.42. The molecule has 0 amide bonds. The zero-order chi connectivity index (χ0) is 23.2. The number of nitrogens with one attached hydrogen (secondary N) is 1. The van der Waals surface area contributed by atoms with Gasteiger partial charge in [-0.05, 0) is 49.7 Å². The van der Waals surface area contributed by atoms with Crippen LogP contribution in [0, 0.1) is 5.82 Å². The third-order valence-corrected chi connectivity index (χ3v) is 7.25. The maximum absolute atomic E-state index is 14.4. The fraction of sp³-hybridized carbons (Fsp3) is 0.385. The zero-order valence-electron chi connectivity index (χ0n) is 19.2. The molecule has 1 aromatic heterocycles. The minimum atomic E-state index is -0.419. The highest BCUT2D eigenvalue weighted by Gasteiger charge is 2.40. The van der Waals surface area contributed by atoms with Crippen LogP contribution in [0.5, 0.6) is 0 Å². The number of anilines is 1. The van der Waals surface area contributed by atoms with E-state index in [9.17, 15) is 9.18 Å². The van der Waals surface area contributed by atoms with Gasteiger partial charge in [0.1, 0.15) is 24.5 Å². The van der Waals surface area contributed by atoms with E-state index in [-0.39, 0.29) is 24.2 Å². The minimum absolute atomic E-state index is 0.0113. The van der Waals surface area contributed by atoms with Crippen LogP contribution >= 0.6 is 0 Å². The number of carbonyl (C=O) groups excluding carboxylic acids is 1. The van der Waals surface area contributed by atoms with E-state index in [1.807, 2.05) is 11.6 Å². The molecule has 1 fully saturated rings. The molecule has 2 atom stereocenters. The molecule has 3 aromatic rings. The van der Waals surface area contributed by atoms with Gasteiger partial charge in [-0.3, -0.25) is 14.7 Å². The summed E-state index contributed by atoms with van der Waals surface area (Å²) in [5, 5.41) is 7.85. The van der Waals surface area contributed by atoms with Crippen molar-refractivity contribution in [2.24, 2.45) is 4.99 Å². The van der Waals surface area contributed by atoms with Crippen LogP contribution in [0.15, 0.2) is 47.7 Å². The highest BCUT2D eigenvalue weighted by molar-refractivity contribution is 6.20. The number of hydrogen-bond donors (Lipinski definition) is 1. The third kappa shape index (κ3) is 3.53. The standard InChI is InChI=1S/C26H27FN6O/c1-2-33-26(30-15-31-33)24-20(17-6-4-16(5-7-17)14-32-8-3-9-32)12-28-21-11-18(27)10-19-22(34)13-29-25(24)23(19)21/h4-7,10-11,15,20,24,28H,2-3,8-9,12-14H2,1H3. The third-order valence-electron chi connectivity index (χ3n) is 7.25. The Morgan fingerprint density at radius 3 is 2.74 bits per heavy atom. The summed E-state index contributed by atoms with van der Waals surface area (Å²) in [6, 6.07) is 11.6. The van der Waals surface area contributed by atoms with E-state index in [0.29, 0.717) is 29.9 Å². The topological polar surface area (TPSA) is 75.4 Å². The zero-order valence-corrected chi connectivity index (χ0v) is 19.2. The highest BCUT2D eigenvalue weighted by atomic mass is 19.1. The molecule has 0 spiro atoms. The summed E-state index contributed by atoms with van der Waals surface area (Å²) in [6.45, 7) is 6.60. The first-order valence-corrected chi connectivity index (χ1v) is 12.0. The summed E-state index contributed by atoms with van der Waals surface area (Å²) in [5.41, 5.74) is 4.95. The van der Waals surface area contributed by atoms with Crippen LogP contribution in [0.2, 0.25) is 0 Å². The molecule has 1 saturated heterocycles. The number of aryl methyl sites for hydroxylation is 1. The van der Waals surface area contributed by atoms with Gasteiger partial charge in [0.25, 0.3) is 0 Å². The van der Waals surface area contributed by atoms with Gasteiger partial charge in [-0.15, -0.1) is 0 Å². The van der Waals surface area contributed by atoms with E-state index >= 15 is 0 Å². The van der Waals surface area contributed by atoms with Crippen LogP contribution < -0.4 is 5.32 Å². The Kier molecular flexibility index (Phi) is 5.25. The number of rotatable bonds is 5. The van der Waals surface area contributed by atoms with Gasteiger partial charge in [0.15, 0.2) is 5.78 Å². The van der Waals surface area contributed by atoms with E-state index in [2.05, 4.69) is 44.6 Å². The molecule has 34 heavy (non-hydrogen) atoms. The number of ketones is 1. The molecule has 0 bridgehead atoms. The van der Waals surface area contributed by atoms with Gasteiger partial charge in [-0.2, -0.15) is 5.10 Å². The summed E-state index contributed by atoms with van der Waals surface area (Å²) in [4.78, 5) is 24.5. The van der Waals surface area contributed by atoms with Crippen LogP contribution in [0.1, 0.15) is 58.1 Å². The van der Waals surface area contributed by atoms with Crippen molar-refractivity contribution in [2.75, 3.05) is 31.5 Å². The van der Waals surface area contributed by atoms with Crippen molar-refractivity contribution >= 4 is 17.2 Å². The van der Waals surface area contributed by atoms with Crippen LogP contribution in [-0.2, 0) is 13.1 Å². The predicted octanol–water partition coefficient (Wildman–Crippen LogP) is 3.62. The lowest BCUT2D eigenvalue weighted by Gasteiger charge is -2.31. The predicted molar refractivity (Wildman–Crippen MR) is 128 cm³/mol. The molecule has 4 heterocycles. The van der Waals surface area contributed by atoms with E-state index in [4.69, 9.17) is 4.99 Å². The largest absolute Gasteiger partial charge is 0.384 e. The Balaban J connectivity index is 1.46. The molecule has 1 N–H and O–H groups in total. The lowest BCUT2D eigenvalue weighted by molar-refractivity contribution is 0.0999. The number of benzene rings is 2. The monoisotopic (exact) mass is 458 g/mol. The molecule has 2 unspecified atom stereocenters. The van der Waals surface area contributed by atoms with Crippen LogP contribution in [0.4, 0.5) is 10.1 Å². The second-order valence-corrected chi connectivity index (χ2v) is 9.27. The molecular formula is C26H27FN6O. The van der Waals surface area contributed by atoms with Crippen molar-refractivity contribution in [3.05, 3.63) is 76.6 Å². The van der Waals surface area contributed by atoms with E-state index in [1.54, 1.807) is 6.33 Å². The van der Waals surface area contributed by atoms with Gasteiger partial charge in [0.05, 0.1) is 11.6 Å². The quantitative estimate of drug-likeness (QED) is 0.632. The van der Waals surface area contributed by atoms with E-state index < -0.39 is 5.82 Å². The molecule has 2 aromatic carbocycles. The summed E-state index contributed by atoms with van der Waals surface area (Å²) in [7, 11) is 0. The normalized spacial score (nSPS) is 21.8. The molecule has 7 nitrogen and oxygen atoms in total. The Hall–Kier alpha value is -3.39. The second kappa shape index (κ2) is 8.43. The second-order valence-electron chi connectivity index (χ2n) is 9.27. The first-order chi connectivity index (χ1) is 16.6. The maximum Gasteiger partial charge on any atom is 0.185 e.